The first-order chi connectivity index (χ1) is 5.77. The average Bonchev–Trinajstić information content (AvgIpc) is 2.07. The van der Waals surface area contributed by atoms with Gasteiger partial charge in [0, 0.05) is 19.2 Å². The number of hydrazone groups is 1. The van der Waals surface area contributed by atoms with E-state index >= 15 is 0 Å². The highest BCUT2D eigenvalue weighted by molar-refractivity contribution is 6.68. The summed E-state index contributed by atoms with van der Waals surface area (Å²) in [5.74, 6) is 0. The average molecular weight is 188 g/mol. The summed E-state index contributed by atoms with van der Waals surface area (Å²) in [6, 6.07) is 0. The van der Waals surface area contributed by atoms with Crippen molar-refractivity contribution in [1.29, 1.82) is 0 Å². The summed E-state index contributed by atoms with van der Waals surface area (Å²) in [4.78, 5) is 0. The topological polar surface area (TPSA) is 30.9 Å². The van der Waals surface area contributed by atoms with Crippen molar-refractivity contribution in [1.82, 2.24) is 15.7 Å². The number of allylic oxidation sites excluding steroid dienone is 1. The highest BCUT2D eigenvalue weighted by Crippen LogP contribution is 2.01. The van der Waals surface area contributed by atoms with E-state index < -0.39 is 0 Å². The van der Waals surface area contributed by atoms with Crippen LogP contribution in [0.25, 0.3) is 0 Å². The zero-order valence-electron chi connectivity index (χ0n) is 7.21. The van der Waals surface area contributed by atoms with Crippen LogP contribution >= 0.6 is 11.6 Å². The molecule has 1 aliphatic rings. The fraction of sp³-hybridized carbons (Fsp3) is 0.571. The third kappa shape index (κ3) is 2.12. The molecule has 0 aromatic carbocycles. The summed E-state index contributed by atoms with van der Waals surface area (Å²) in [5.41, 5.74) is 2.83. The predicted molar refractivity (Wildman–Crippen MR) is 49.0 cm³/mol. The van der Waals surface area contributed by atoms with E-state index in [-0.39, 0.29) is 0 Å². The van der Waals surface area contributed by atoms with E-state index in [1.807, 2.05) is 18.9 Å². The Morgan fingerprint density at radius 1 is 1.67 bits per heavy atom. The van der Waals surface area contributed by atoms with Crippen LogP contribution in [0, 0.1) is 6.20 Å². The fourth-order valence-corrected chi connectivity index (χ4v) is 1.05. The van der Waals surface area contributed by atoms with Gasteiger partial charge in [0.2, 0.25) is 0 Å². The molecule has 1 heterocycles. The fourth-order valence-electron chi connectivity index (χ4n) is 0.919. The van der Waals surface area contributed by atoms with Crippen molar-refractivity contribution in [3.8, 4) is 0 Å². The Bertz CT molecular complexity index is 198. The monoisotopic (exact) mass is 187 g/mol. The van der Waals surface area contributed by atoms with Gasteiger partial charge in [0.1, 0.15) is 0 Å². The summed E-state index contributed by atoms with van der Waals surface area (Å²) >= 11 is 5.69. The van der Waals surface area contributed by atoms with E-state index in [2.05, 4.69) is 16.7 Å². The van der Waals surface area contributed by atoms with Crippen molar-refractivity contribution in [3.05, 3.63) is 12.3 Å². The lowest BCUT2D eigenvalue weighted by Crippen LogP contribution is -2.47. The molecule has 0 unspecified atom stereocenters. The number of nitrogens with one attached hydrogen (secondary N) is 1. The third-order valence-corrected chi connectivity index (χ3v) is 1.73. The smallest absolute Gasteiger partial charge is 0.154 e. The molecule has 1 N–H and O–H groups in total. The summed E-state index contributed by atoms with van der Waals surface area (Å²) in [6.07, 6.45) is 4.37. The van der Waals surface area contributed by atoms with Crippen LogP contribution in [-0.4, -0.2) is 28.5 Å². The van der Waals surface area contributed by atoms with Gasteiger partial charge in [-0.3, -0.25) is 5.43 Å². The Hall–Kier alpha value is -0.740. The zero-order valence-corrected chi connectivity index (χ0v) is 7.97. The molecule has 0 saturated carbocycles. The van der Waals surface area contributed by atoms with Crippen molar-refractivity contribution in [3.63, 3.8) is 0 Å². The Labute approximate surface area is 77.4 Å². The molecule has 0 aliphatic carbocycles. The van der Waals surface area contributed by atoms with Gasteiger partial charge >= 0.3 is 0 Å². The first kappa shape index (κ1) is 9.35. The van der Waals surface area contributed by atoms with Gasteiger partial charge in [-0.2, -0.15) is 5.01 Å². The Kier molecular flexibility index (Phi) is 3.37. The van der Waals surface area contributed by atoms with Gasteiger partial charge in [-0.15, -0.1) is 10.3 Å². The number of nitrogens with zero attached hydrogens (tertiary/aromatic N) is 3. The van der Waals surface area contributed by atoms with E-state index in [1.54, 1.807) is 11.3 Å². The third-order valence-electron chi connectivity index (χ3n) is 1.54. The number of hydrazine groups is 2. The number of rotatable bonds is 3. The minimum atomic E-state index is 0.431. The van der Waals surface area contributed by atoms with Crippen molar-refractivity contribution in [2.75, 3.05) is 13.1 Å². The van der Waals surface area contributed by atoms with E-state index in [1.165, 1.54) is 0 Å². The summed E-state index contributed by atoms with van der Waals surface area (Å²) in [6.45, 7) is 5.84. The Morgan fingerprint density at radius 2 is 2.33 bits per heavy atom. The number of hydrogen-bond donors (Lipinski definition) is 1. The maximum Gasteiger partial charge on any atom is 0.154 e. The van der Waals surface area contributed by atoms with Crippen LogP contribution in [0.5, 0.6) is 0 Å². The lowest BCUT2D eigenvalue weighted by Gasteiger charge is -2.30. The van der Waals surface area contributed by atoms with Gasteiger partial charge in [0.05, 0.1) is 6.20 Å². The predicted octanol–water partition coefficient (Wildman–Crippen LogP) is 0.933. The van der Waals surface area contributed by atoms with Crippen LogP contribution in [0.4, 0.5) is 0 Å². The zero-order chi connectivity index (χ0) is 8.97. The molecule has 0 saturated heterocycles. The molecule has 0 spiro atoms. The summed E-state index contributed by atoms with van der Waals surface area (Å²) in [5, 5.41) is 8.04. The lowest BCUT2D eigenvalue weighted by molar-refractivity contribution is -0.0511. The second-order valence-electron chi connectivity index (χ2n) is 2.25. The molecule has 67 valence electrons. The van der Waals surface area contributed by atoms with E-state index in [0.29, 0.717) is 5.17 Å². The van der Waals surface area contributed by atoms with E-state index in [9.17, 15) is 0 Å². The maximum atomic E-state index is 5.69. The second-order valence-corrected chi connectivity index (χ2v) is 2.64. The van der Waals surface area contributed by atoms with Crippen LogP contribution in [-0.2, 0) is 0 Å². The standard InChI is InChI=1S/C7H12ClN4/c1-3-11(4-2)12-9-6-5-7(8)10-12/h5,9H,3-4H2,1-2H3. The SMILES string of the molecule is CCN(CC)N1N=C(Cl)C=[C]N1. The van der Waals surface area contributed by atoms with E-state index in [4.69, 9.17) is 11.6 Å². The first-order valence-corrected chi connectivity index (χ1v) is 4.29. The van der Waals surface area contributed by atoms with Gasteiger partial charge in [0.15, 0.2) is 5.17 Å². The maximum absolute atomic E-state index is 5.69. The van der Waals surface area contributed by atoms with Crippen molar-refractivity contribution >= 4 is 16.8 Å². The molecule has 12 heavy (non-hydrogen) atoms. The molecule has 0 aromatic rings. The van der Waals surface area contributed by atoms with Crippen LogP contribution in [0.1, 0.15) is 13.8 Å². The van der Waals surface area contributed by atoms with Crippen molar-refractivity contribution < 1.29 is 0 Å². The van der Waals surface area contributed by atoms with Crippen LogP contribution < -0.4 is 5.43 Å². The van der Waals surface area contributed by atoms with Crippen LogP contribution in [0.3, 0.4) is 0 Å². The largest absolute Gasteiger partial charge is 0.265 e. The highest BCUT2D eigenvalue weighted by atomic mass is 35.5. The van der Waals surface area contributed by atoms with Gasteiger partial charge in [-0.05, 0) is 0 Å². The minimum absolute atomic E-state index is 0.431. The molecule has 1 rings (SSSR count). The van der Waals surface area contributed by atoms with Crippen LogP contribution in [0.2, 0.25) is 0 Å². The molecule has 1 aliphatic heterocycles. The molecular formula is C7H12ClN4. The molecule has 0 bridgehead atoms. The molecule has 1 radical (unpaired) electrons. The van der Waals surface area contributed by atoms with E-state index in [0.717, 1.165) is 13.1 Å². The molecule has 0 atom stereocenters. The van der Waals surface area contributed by atoms with Gasteiger partial charge < -0.3 is 0 Å². The molecular weight excluding hydrogens is 176 g/mol. The normalized spacial score (nSPS) is 16.3. The quantitative estimate of drug-likeness (QED) is 0.714. The summed E-state index contributed by atoms with van der Waals surface area (Å²) in [7, 11) is 0. The number of hydrogen-bond acceptors (Lipinski definition) is 4. The Balaban J connectivity index is 2.58. The first-order valence-electron chi connectivity index (χ1n) is 3.91. The van der Waals surface area contributed by atoms with Crippen molar-refractivity contribution in [2.45, 2.75) is 13.8 Å². The second kappa shape index (κ2) is 4.33. The summed E-state index contributed by atoms with van der Waals surface area (Å²) < 4.78 is 0. The highest BCUT2D eigenvalue weighted by Gasteiger charge is 2.10. The molecule has 0 amide bonds. The van der Waals surface area contributed by atoms with Gasteiger partial charge in [-0.1, -0.05) is 25.4 Å². The van der Waals surface area contributed by atoms with Crippen LogP contribution in [0.15, 0.2) is 11.2 Å². The molecule has 5 heteroatoms. The number of halogens is 1. The minimum Gasteiger partial charge on any atom is -0.265 e. The van der Waals surface area contributed by atoms with Gasteiger partial charge in [0.25, 0.3) is 0 Å². The van der Waals surface area contributed by atoms with Crippen molar-refractivity contribution in [2.24, 2.45) is 5.10 Å². The molecule has 4 nitrogen and oxygen atoms in total. The molecule has 0 fully saturated rings. The lowest BCUT2D eigenvalue weighted by atomic mass is 10.6. The molecule has 0 aromatic heterocycles. The van der Waals surface area contributed by atoms with Gasteiger partial charge in [-0.25, -0.2) is 0 Å². The Morgan fingerprint density at radius 3 is 2.83 bits per heavy atom.